The molecule has 0 radical (unpaired) electrons. The summed E-state index contributed by atoms with van der Waals surface area (Å²) in [5.74, 6) is -0.231. The van der Waals surface area contributed by atoms with Crippen molar-refractivity contribution in [3.05, 3.63) is 119 Å². The Morgan fingerprint density at radius 1 is 0.774 bits per heavy atom. The van der Waals surface area contributed by atoms with Crippen LogP contribution in [0.2, 0.25) is 0 Å². The Morgan fingerprint density at radius 2 is 1.45 bits per heavy atom. The van der Waals surface area contributed by atoms with Gasteiger partial charge in [0.2, 0.25) is 0 Å². The second-order valence-corrected chi connectivity index (χ2v) is 8.16. The maximum Gasteiger partial charge on any atom is 0.196 e. The molecule has 2 N–H and O–H groups in total. The van der Waals surface area contributed by atoms with Crippen LogP contribution in [-0.4, -0.2) is 17.1 Å². The molecule has 0 saturated heterocycles. The fraction of sp³-hybridized carbons (Fsp3) is 0.111. The first-order valence-electron chi connectivity index (χ1n) is 10.4. The van der Waals surface area contributed by atoms with Crippen molar-refractivity contribution in [1.29, 1.82) is 0 Å². The van der Waals surface area contributed by atoms with Crippen molar-refractivity contribution >= 4 is 22.9 Å². The minimum atomic E-state index is -0.201. The zero-order chi connectivity index (χ0) is 21.4. The van der Waals surface area contributed by atoms with E-state index in [1.165, 1.54) is 0 Å². The van der Waals surface area contributed by atoms with E-state index in [0.717, 1.165) is 17.8 Å². The van der Waals surface area contributed by atoms with Gasteiger partial charge in [0.1, 0.15) is 0 Å². The largest absolute Gasteiger partial charge is 0.376 e. The van der Waals surface area contributed by atoms with Gasteiger partial charge in [0.05, 0.1) is 16.8 Å². The van der Waals surface area contributed by atoms with Crippen LogP contribution < -0.4 is 10.6 Å². The average Bonchev–Trinajstić information content (AvgIpc) is 2.80. The zero-order valence-electron chi connectivity index (χ0n) is 17.2. The molecule has 1 atom stereocenters. The molecule has 0 spiro atoms. The van der Waals surface area contributed by atoms with Crippen molar-refractivity contribution in [2.24, 2.45) is 0 Å². The Hall–Kier alpha value is -3.92. The molecule has 3 aromatic carbocycles. The van der Waals surface area contributed by atoms with Gasteiger partial charge in [-0.15, -0.1) is 0 Å². The number of nitrogens with one attached hydrogen (secondary N) is 2. The third-order valence-corrected chi connectivity index (χ3v) is 5.81. The van der Waals surface area contributed by atoms with Gasteiger partial charge in [-0.1, -0.05) is 66.7 Å². The van der Waals surface area contributed by atoms with Gasteiger partial charge in [-0.2, -0.15) is 0 Å². The molecule has 0 aliphatic heterocycles. The fourth-order valence-electron chi connectivity index (χ4n) is 4.17. The number of benzene rings is 3. The number of hydrogen-bond donors (Lipinski definition) is 2. The summed E-state index contributed by atoms with van der Waals surface area (Å²) in [4.78, 5) is 26.1. The van der Waals surface area contributed by atoms with E-state index in [1.807, 2.05) is 48.5 Å². The number of anilines is 2. The van der Waals surface area contributed by atoms with Crippen molar-refractivity contribution in [2.45, 2.75) is 18.9 Å². The summed E-state index contributed by atoms with van der Waals surface area (Å²) in [7, 11) is 0. The number of hydrogen-bond acceptors (Lipinski definition) is 4. The van der Waals surface area contributed by atoms with Crippen molar-refractivity contribution in [1.82, 2.24) is 0 Å². The number of allylic oxidation sites excluding steroid dienone is 1. The molecule has 152 valence electrons. The Kier molecular flexibility index (Phi) is 4.55. The van der Waals surface area contributed by atoms with Crippen LogP contribution in [0.1, 0.15) is 45.2 Å². The Balaban J connectivity index is 1.40. The highest BCUT2D eigenvalue weighted by molar-refractivity contribution is 6.30. The van der Waals surface area contributed by atoms with Crippen LogP contribution >= 0.6 is 0 Å². The number of fused-ring (bicyclic) bond motifs is 2. The van der Waals surface area contributed by atoms with Gasteiger partial charge in [0.25, 0.3) is 0 Å². The lowest BCUT2D eigenvalue weighted by atomic mass is 9.83. The van der Waals surface area contributed by atoms with E-state index in [1.54, 1.807) is 30.3 Å². The molecule has 0 saturated carbocycles. The van der Waals surface area contributed by atoms with Crippen molar-refractivity contribution in [3.8, 4) is 0 Å². The van der Waals surface area contributed by atoms with Gasteiger partial charge in [-0.3, -0.25) is 9.59 Å². The molecule has 0 aromatic heterocycles. The number of carbonyl (C=O) groups excluding carboxylic acids is 2. The third-order valence-electron chi connectivity index (χ3n) is 5.81. The maximum atomic E-state index is 13.2. The SMILES string of the molecule is CC1(Nc2ccccc2)C=CC(Nc2cccc3c2C(=O)c2ccccc2C3=O)=CC1. The normalized spacial score (nSPS) is 19.3. The lowest BCUT2D eigenvalue weighted by molar-refractivity contribution is 0.0979. The summed E-state index contributed by atoms with van der Waals surface area (Å²) in [5.41, 5.74) is 4.24. The van der Waals surface area contributed by atoms with E-state index in [0.29, 0.717) is 27.9 Å². The maximum absolute atomic E-state index is 13.2. The van der Waals surface area contributed by atoms with Crippen molar-refractivity contribution in [3.63, 3.8) is 0 Å². The second-order valence-electron chi connectivity index (χ2n) is 8.16. The van der Waals surface area contributed by atoms with Gasteiger partial charge in [-0.05, 0) is 37.6 Å². The molecule has 31 heavy (non-hydrogen) atoms. The molecule has 0 amide bonds. The molecule has 0 bridgehead atoms. The van der Waals surface area contributed by atoms with Crippen LogP contribution in [0.25, 0.3) is 0 Å². The predicted octanol–water partition coefficient (Wildman–Crippen LogP) is 5.59. The monoisotopic (exact) mass is 406 g/mol. The van der Waals surface area contributed by atoms with Gasteiger partial charge in [0.15, 0.2) is 11.6 Å². The summed E-state index contributed by atoms with van der Waals surface area (Å²) in [6, 6.07) is 22.5. The highest BCUT2D eigenvalue weighted by atomic mass is 16.1. The molecular formula is C27H22N2O2. The number of ketones is 2. The van der Waals surface area contributed by atoms with E-state index in [4.69, 9.17) is 0 Å². The lowest BCUT2D eigenvalue weighted by Gasteiger charge is -2.31. The number of rotatable bonds is 4. The zero-order valence-corrected chi connectivity index (χ0v) is 17.2. The molecule has 0 heterocycles. The van der Waals surface area contributed by atoms with E-state index in [-0.39, 0.29) is 17.1 Å². The van der Waals surface area contributed by atoms with Gasteiger partial charge < -0.3 is 10.6 Å². The molecule has 3 aromatic rings. The third kappa shape index (κ3) is 3.46. The summed E-state index contributed by atoms with van der Waals surface area (Å²) >= 11 is 0. The van der Waals surface area contributed by atoms with E-state index in [2.05, 4.69) is 29.7 Å². The first-order chi connectivity index (χ1) is 15.0. The fourth-order valence-corrected chi connectivity index (χ4v) is 4.17. The number of carbonyl (C=O) groups is 2. The van der Waals surface area contributed by atoms with Crippen LogP contribution in [0.15, 0.2) is 96.7 Å². The van der Waals surface area contributed by atoms with Gasteiger partial charge >= 0.3 is 0 Å². The quantitative estimate of drug-likeness (QED) is 0.464. The summed E-state index contributed by atoms with van der Waals surface area (Å²) < 4.78 is 0. The Morgan fingerprint density at radius 3 is 2.16 bits per heavy atom. The van der Waals surface area contributed by atoms with Crippen LogP contribution in [0, 0.1) is 0 Å². The number of para-hydroxylation sites is 1. The summed E-state index contributed by atoms with van der Waals surface area (Å²) in [6.07, 6.45) is 7.03. The Bertz CT molecular complexity index is 1260. The molecule has 2 aliphatic rings. The molecule has 2 aliphatic carbocycles. The molecule has 4 heteroatoms. The van der Waals surface area contributed by atoms with Crippen LogP contribution in [0.3, 0.4) is 0 Å². The topological polar surface area (TPSA) is 58.2 Å². The van der Waals surface area contributed by atoms with Crippen molar-refractivity contribution in [2.75, 3.05) is 10.6 Å². The van der Waals surface area contributed by atoms with Crippen LogP contribution in [0.5, 0.6) is 0 Å². The summed E-state index contributed by atoms with van der Waals surface area (Å²) in [5, 5.41) is 6.92. The minimum Gasteiger partial charge on any atom is -0.376 e. The Labute approximate surface area is 181 Å². The van der Waals surface area contributed by atoms with Gasteiger partial charge in [0, 0.05) is 28.1 Å². The predicted molar refractivity (Wildman–Crippen MR) is 124 cm³/mol. The van der Waals surface area contributed by atoms with Gasteiger partial charge in [-0.25, -0.2) is 0 Å². The smallest absolute Gasteiger partial charge is 0.196 e. The highest BCUT2D eigenvalue weighted by Gasteiger charge is 2.31. The molecule has 4 nitrogen and oxygen atoms in total. The summed E-state index contributed by atoms with van der Waals surface area (Å²) in [6.45, 7) is 2.15. The molecular weight excluding hydrogens is 384 g/mol. The first-order valence-corrected chi connectivity index (χ1v) is 10.4. The van der Waals surface area contributed by atoms with Crippen LogP contribution in [-0.2, 0) is 0 Å². The lowest BCUT2D eigenvalue weighted by Crippen LogP contribution is -2.33. The molecule has 5 rings (SSSR count). The van der Waals surface area contributed by atoms with Crippen molar-refractivity contribution < 1.29 is 9.59 Å². The molecule has 1 unspecified atom stereocenters. The highest BCUT2D eigenvalue weighted by Crippen LogP contribution is 2.33. The van der Waals surface area contributed by atoms with E-state index >= 15 is 0 Å². The minimum absolute atomic E-state index is 0.110. The standard InChI is InChI=1S/C27H22N2O2/c1-27(29-19-8-3-2-4-9-19)16-14-18(15-17-27)28-23-13-7-12-22-24(23)26(31)21-11-6-5-10-20(21)25(22)30/h2-16,28-29H,17H2,1H3. The van der Waals surface area contributed by atoms with E-state index in [9.17, 15) is 9.59 Å². The van der Waals surface area contributed by atoms with Crippen LogP contribution in [0.4, 0.5) is 11.4 Å². The average molecular weight is 406 g/mol. The second kappa shape index (κ2) is 7.40. The van der Waals surface area contributed by atoms with E-state index < -0.39 is 0 Å². The molecule has 0 fully saturated rings. The first kappa shape index (κ1) is 19.1.